The Balaban J connectivity index is 1.52. The van der Waals surface area contributed by atoms with E-state index >= 15 is 0 Å². The van der Waals surface area contributed by atoms with Crippen LogP contribution in [0, 0.1) is 0 Å². The molecule has 1 aromatic carbocycles. The fourth-order valence-corrected chi connectivity index (χ4v) is 4.15. The molecule has 2 aromatic heterocycles. The van der Waals surface area contributed by atoms with Crippen molar-refractivity contribution in [2.24, 2.45) is 0 Å². The number of carbonyl (C=O) groups is 1. The predicted molar refractivity (Wildman–Crippen MR) is 102 cm³/mol. The topological polar surface area (TPSA) is 83.1 Å². The van der Waals surface area contributed by atoms with Crippen molar-refractivity contribution in [2.45, 2.75) is 0 Å². The third kappa shape index (κ3) is 2.59. The molecule has 7 nitrogen and oxygen atoms in total. The van der Waals surface area contributed by atoms with Gasteiger partial charge in [-0.1, -0.05) is 0 Å². The Morgan fingerprint density at radius 1 is 1.23 bits per heavy atom. The van der Waals surface area contributed by atoms with Crippen LogP contribution in [0.4, 0.5) is 11.5 Å². The number of anilines is 2. The first-order valence-electron chi connectivity index (χ1n) is 8.24. The van der Waals surface area contributed by atoms with Gasteiger partial charge < -0.3 is 19.9 Å². The first-order chi connectivity index (χ1) is 12.8. The smallest absolute Gasteiger partial charge is 0.262 e. The van der Waals surface area contributed by atoms with Crippen molar-refractivity contribution >= 4 is 45.1 Å². The minimum Gasteiger partial charge on any atom is -0.482 e. The van der Waals surface area contributed by atoms with Gasteiger partial charge in [0.2, 0.25) is 0 Å². The standard InChI is InChI=1S/C18H15N5O2S/c24-16-9-25-14-2-1-11(7-13(14)22-16)15-8-23(5-6-26-15)18-12-3-4-19-17(12)20-10-21-18/h1-4,7-8,10H,5-6,9H2,(H,22,24)(H,19,20,21). The monoisotopic (exact) mass is 365 g/mol. The molecule has 0 spiro atoms. The summed E-state index contributed by atoms with van der Waals surface area (Å²) in [5.41, 5.74) is 2.59. The second kappa shape index (κ2) is 6.06. The average Bonchev–Trinajstić information content (AvgIpc) is 3.16. The third-order valence-corrected chi connectivity index (χ3v) is 5.40. The van der Waals surface area contributed by atoms with E-state index in [4.69, 9.17) is 4.74 Å². The third-order valence-electron chi connectivity index (χ3n) is 4.36. The number of benzene rings is 1. The molecule has 8 heteroatoms. The molecule has 0 radical (unpaired) electrons. The van der Waals surface area contributed by atoms with Gasteiger partial charge in [0.25, 0.3) is 5.91 Å². The Labute approximate surface area is 153 Å². The molecule has 4 heterocycles. The highest BCUT2D eigenvalue weighted by Crippen LogP contribution is 2.38. The molecule has 0 atom stereocenters. The molecule has 0 fully saturated rings. The molecule has 130 valence electrons. The van der Waals surface area contributed by atoms with E-state index in [1.807, 2.05) is 30.5 Å². The SMILES string of the molecule is O=C1COc2ccc(C3=CN(c4ncnc5[nH]ccc45)CCS3)cc2N1. The van der Waals surface area contributed by atoms with Crippen LogP contribution in [0.2, 0.25) is 0 Å². The number of amides is 1. The Morgan fingerprint density at radius 3 is 3.15 bits per heavy atom. The van der Waals surface area contributed by atoms with E-state index in [1.54, 1.807) is 18.1 Å². The van der Waals surface area contributed by atoms with E-state index in [2.05, 4.69) is 31.4 Å². The van der Waals surface area contributed by atoms with Gasteiger partial charge in [-0.05, 0) is 29.8 Å². The van der Waals surface area contributed by atoms with E-state index in [-0.39, 0.29) is 12.5 Å². The van der Waals surface area contributed by atoms with Crippen molar-refractivity contribution in [1.29, 1.82) is 0 Å². The summed E-state index contributed by atoms with van der Waals surface area (Å²) in [4.78, 5) is 26.7. The van der Waals surface area contributed by atoms with Crippen molar-refractivity contribution in [3.63, 3.8) is 0 Å². The van der Waals surface area contributed by atoms with Crippen LogP contribution in [0.5, 0.6) is 5.75 Å². The number of aromatic nitrogens is 3. The number of hydrogen-bond acceptors (Lipinski definition) is 6. The zero-order chi connectivity index (χ0) is 17.5. The minimum absolute atomic E-state index is 0.0674. The molecule has 0 saturated heterocycles. The lowest BCUT2D eigenvalue weighted by Crippen LogP contribution is -2.25. The number of nitrogens with one attached hydrogen (secondary N) is 2. The minimum atomic E-state index is -0.127. The van der Waals surface area contributed by atoms with Crippen LogP contribution >= 0.6 is 11.8 Å². The average molecular weight is 365 g/mol. The van der Waals surface area contributed by atoms with Crippen LogP contribution in [-0.2, 0) is 4.79 Å². The van der Waals surface area contributed by atoms with Crippen molar-refractivity contribution in [1.82, 2.24) is 15.0 Å². The number of rotatable bonds is 2. The number of ether oxygens (including phenoxy) is 1. The molecule has 2 N–H and O–H groups in total. The van der Waals surface area contributed by atoms with E-state index in [1.165, 1.54) is 0 Å². The van der Waals surface area contributed by atoms with Crippen LogP contribution in [0.3, 0.4) is 0 Å². The maximum Gasteiger partial charge on any atom is 0.262 e. The molecule has 2 aliphatic rings. The highest BCUT2D eigenvalue weighted by molar-refractivity contribution is 8.08. The summed E-state index contributed by atoms with van der Waals surface area (Å²) in [6, 6.07) is 7.87. The normalized spacial score (nSPS) is 16.7. The summed E-state index contributed by atoms with van der Waals surface area (Å²) in [6.45, 7) is 0.939. The van der Waals surface area contributed by atoms with E-state index in [9.17, 15) is 4.79 Å². The van der Waals surface area contributed by atoms with Crippen molar-refractivity contribution in [3.05, 3.63) is 48.6 Å². The van der Waals surface area contributed by atoms with E-state index < -0.39 is 0 Å². The van der Waals surface area contributed by atoms with Gasteiger partial charge in [0.05, 0.1) is 11.1 Å². The predicted octanol–water partition coefficient (Wildman–Crippen LogP) is 2.84. The second-order valence-corrected chi connectivity index (χ2v) is 7.16. The zero-order valence-corrected chi connectivity index (χ0v) is 14.5. The van der Waals surface area contributed by atoms with Gasteiger partial charge >= 0.3 is 0 Å². The summed E-state index contributed by atoms with van der Waals surface area (Å²) >= 11 is 1.79. The van der Waals surface area contributed by atoms with Gasteiger partial charge in [0, 0.05) is 29.6 Å². The molecule has 0 aliphatic carbocycles. The molecule has 2 aliphatic heterocycles. The maximum absolute atomic E-state index is 11.6. The lowest BCUT2D eigenvalue weighted by atomic mass is 10.1. The van der Waals surface area contributed by atoms with Crippen molar-refractivity contribution in [3.8, 4) is 5.75 Å². The van der Waals surface area contributed by atoms with E-state index in [0.717, 1.165) is 39.6 Å². The van der Waals surface area contributed by atoms with Gasteiger partial charge in [-0.15, -0.1) is 11.8 Å². The lowest BCUT2D eigenvalue weighted by molar-refractivity contribution is -0.118. The molecule has 0 unspecified atom stereocenters. The van der Waals surface area contributed by atoms with Crippen LogP contribution in [0.1, 0.15) is 5.56 Å². The number of aromatic amines is 1. The molecule has 26 heavy (non-hydrogen) atoms. The molecule has 0 bridgehead atoms. The Kier molecular flexibility index (Phi) is 3.56. The number of fused-ring (bicyclic) bond motifs is 2. The fraction of sp³-hybridized carbons (Fsp3) is 0.167. The number of thioether (sulfide) groups is 1. The summed E-state index contributed by atoms with van der Waals surface area (Å²) in [5.74, 6) is 2.42. The van der Waals surface area contributed by atoms with Gasteiger partial charge in [0.1, 0.15) is 23.5 Å². The van der Waals surface area contributed by atoms with Crippen molar-refractivity contribution < 1.29 is 9.53 Å². The summed E-state index contributed by atoms with van der Waals surface area (Å²) in [5, 5.41) is 3.87. The molecule has 1 amide bonds. The highest BCUT2D eigenvalue weighted by Gasteiger charge is 2.20. The first-order valence-corrected chi connectivity index (χ1v) is 9.23. The summed E-state index contributed by atoms with van der Waals surface area (Å²) < 4.78 is 5.44. The lowest BCUT2D eigenvalue weighted by Gasteiger charge is -2.26. The Morgan fingerprint density at radius 2 is 2.19 bits per heavy atom. The van der Waals surface area contributed by atoms with Gasteiger partial charge in [-0.2, -0.15) is 0 Å². The number of nitrogens with zero attached hydrogens (tertiary/aromatic N) is 3. The zero-order valence-electron chi connectivity index (χ0n) is 13.7. The van der Waals surface area contributed by atoms with E-state index in [0.29, 0.717) is 11.4 Å². The second-order valence-electron chi connectivity index (χ2n) is 6.02. The number of hydrogen-bond donors (Lipinski definition) is 2. The van der Waals surface area contributed by atoms with Gasteiger partial charge in [-0.3, -0.25) is 4.79 Å². The number of carbonyl (C=O) groups excluding carboxylic acids is 1. The van der Waals surface area contributed by atoms with Crippen LogP contribution < -0.4 is 15.0 Å². The first kappa shape index (κ1) is 15.3. The number of H-pyrrole nitrogens is 1. The highest BCUT2D eigenvalue weighted by atomic mass is 32.2. The van der Waals surface area contributed by atoms with Crippen LogP contribution in [-0.4, -0.2) is 39.8 Å². The molecule has 5 rings (SSSR count). The Bertz CT molecular complexity index is 1040. The van der Waals surface area contributed by atoms with Gasteiger partial charge in [-0.25, -0.2) is 9.97 Å². The molecule has 3 aromatic rings. The summed E-state index contributed by atoms with van der Waals surface area (Å²) in [7, 11) is 0. The Hall–Kier alpha value is -3.00. The largest absolute Gasteiger partial charge is 0.482 e. The molecule has 0 saturated carbocycles. The van der Waals surface area contributed by atoms with Gasteiger partial charge in [0.15, 0.2) is 6.61 Å². The summed E-state index contributed by atoms with van der Waals surface area (Å²) in [6.07, 6.45) is 5.56. The molecular formula is C18H15N5O2S. The van der Waals surface area contributed by atoms with Crippen LogP contribution in [0.15, 0.2) is 43.0 Å². The fourth-order valence-electron chi connectivity index (χ4n) is 3.15. The molecular weight excluding hydrogens is 350 g/mol. The maximum atomic E-state index is 11.6. The quantitative estimate of drug-likeness (QED) is 0.727. The van der Waals surface area contributed by atoms with Crippen molar-refractivity contribution in [2.75, 3.05) is 29.1 Å². The van der Waals surface area contributed by atoms with Crippen LogP contribution in [0.25, 0.3) is 15.9 Å².